The molecule has 220 valence electrons. The minimum atomic E-state index is -1.26. The van der Waals surface area contributed by atoms with Crippen LogP contribution in [0.4, 0.5) is 5.69 Å². The second-order valence-electron chi connectivity index (χ2n) is 11.3. The first-order chi connectivity index (χ1) is 20.7. The highest BCUT2D eigenvalue weighted by Crippen LogP contribution is 2.58. The van der Waals surface area contributed by atoms with Crippen LogP contribution in [-0.2, 0) is 19.8 Å². The van der Waals surface area contributed by atoms with E-state index >= 15 is 0 Å². The van der Waals surface area contributed by atoms with E-state index in [-0.39, 0.29) is 30.2 Å². The molecule has 0 aliphatic carbocycles. The van der Waals surface area contributed by atoms with Gasteiger partial charge in [-0.25, -0.2) is 0 Å². The molecule has 3 aromatic carbocycles. The average molecular weight is 617 g/mol. The molecule has 0 aromatic heterocycles. The zero-order valence-corrected chi connectivity index (χ0v) is 25.2. The lowest BCUT2D eigenvalue weighted by Gasteiger charge is -2.47. The number of piperidine rings is 2. The third kappa shape index (κ3) is 5.13. The van der Waals surface area contributed by atoms with E-state index in [1.54, 1.807) is 24.3 Å². The van der Waals surface area contributed by atoms with E-state index in [0.29, 0.717) is 65.0 Å². The summed E-state index contributed by atoms with van der Waals surface area (Å²) in [5, 5.41) is 7.20. The van der Waals surface area contributed by atoms with Crippen molar-refractivity contribution in [3.63, 3.8) is 0 Å². The lowest BCUT2D eigenvalue weighted by molar-refractivity contribution is -0.133. The van der Waals surface area contributed by atoms with Crippen molar-refractivity contribution in [1.29, 1.82) is 0 Å². The number of carbonyl (C=O) groups excluding carboxylic acids is 3. The molecular formula is C34H31Cl2N3O4. The van der Waals surface area contributed by atoms with E-state index in [0.717, 1.165) is 11.1 Å². The number of rotatable bonds is 5. The Bertz CT molecular complexity index is 1660. The van der Waals surface area contributed by atoms with E-state index in [2.05, 4.69) is 16.6 Å². The van der Waals surface area contributed by atoms with Crippen LogP contribution in [0.1, 0.15) is 66.8 Å². The number of hydrogen-bond acceptors (Lipinski definition) is 4. The number of benzene rings is 3. The Hall–Kier alpha value is -3.99. The Labute approximate surface area is 260 Å². The molecule has 2 fully saturated rings. The number of carbonyl (C=O) groups is 3. The van der Waals surface area contributed by atoms with Crippen molar-refractivity contribution >= 4 is 46.6 Å². The Balaban J connectivity index is 1.49. The molecule has 9 heteroatoms. The normalized spacial score (nSPS) is 23.3. The zero-order valence-electron chi connectivity index (χ0n) is 23.7. The summed E-state index contributed by atoms with van der Waals surface area (Å²) in [6, 6.07) is 17.2. The summed E-state index contributed by atoms with van der Waals surface area (Å²) in [5.74, 6) is 2.33. The summed E-state index contributed by atoms with van der Waals surface area (Å²) in [7, 11) is 0. The Kier molecular flexibility index (Phi) is 7.85. The highest BCUT2D eigenvalue weighted by Gasteiger charge is 2.61. The van der Waals surface area contributed by atoms with E-state index < -0.39 is 17.4 Å². The van der Waals surface area contributed by atoms with E-state index in [4.69, 9.17) is 34.4 Å². The van der Waals surface area contributed by atoms with Crippen LogP contribution < -0.4 is 15.4 Å². The van der Waals surface area contributed by atoms with E-state index in [1.165, 1.54) is 0 Å². The minimum Gasteiger partial charge on any atom is -0.490 e. The molecule has 2 N–H and O–H groups in total. The molecule has 6 rings (SSSR count). The molecule has 1 spiro atoms. The zero-order chi connectivity index (χ0) is 30.3. The van der Waals surface area contributed by atoms with Gasteiger partial charge in [-0.15, -0.1) is 6.42 Å². The van der Waals surface area contributed by atoms with Crippen molar-refractivity contribution in [3.8, 4) is 18.1 Å². The second-order valence-corrected chi connectivity index (χ2v) is 12.1. The standard InChI is InChI=1S/C34H31Cl2N3O4/c1-3-20-8-11-29(43-24-12-14-39(15-13-24)31(41)4-2)25(16-20)32-34(26-10-9-23(36)18-28(26)37-33(34)42)27(19-30(40)38-32)21-6-5-7-22(35)17-21/h1,5-11,16-18,24,27,32H,4,12-15,19H2,2H3,(H,37,42)(H,38,40)/t27-,32+,34-/m0/s1. The van der Waals surface area contributed by atoms with Gasteiger partial charge >= 0.3 is 0 Å². The van der Waals surface area contributed by atoms with Crippen LogP contribution in [0.15, 0.2) is 60.7 Å². The number of halogens is 2. The molecule has 0 unspecified atom stereocenters. The number of nitrogens with one attached hydrogen (secondary N) is 2. The van der Waals surface area contributed by atoms with Gasteiger partial charge < -0.3 is 20.3 Å². The number of anilines is 1. The number of amides is 3. The first kappa shape index (κ1) is 29.1. The Morgan fingerprint density at radius 3 is 2.56 bits per heavy atom. The van der Waals surface area contributed by atoms with Crippen LogP contribution in [0.25, 0.3) is 0 Å². The summed E-state index contributed by atoms with van der Waals surface area (Å²) in [6.45, 7) is 3.07. The fourth-order valence-corrected chi connectivity index (χ4v) is 7.24. The number of likely N-dealkylation sites (tertiary alicyclic amines) is 1. The average Bonchev–Trinajstić information content (AvgIpc) is 3.29. The van der Waals surface area contributed by atoms with Crippen molar-refractivity contribution in [3.05, 3.63) is 93.0 Å². The third-order valence-electron chi connectivity index (χ3n) is 8.88. The number of hydrogen-bond donors (Lipinski definition) is 2. The van der Waals surface area contributed by atoms with E-state index in [9.17, 15) is 14.4 Å². The smallest absolute Gasteiger partial charge is 0.238 e. The molecule has 3 amide bonds. The lowest BCUT2D eigenvalue weighted by atomic mass is 9.59. The van der Waals surface area contributed by atoms with Crippen molar-refractivity contribution in [1.82, 2.24) is 10.2 Å². The summed E-state index contributed by atoms with van der Waals surface area (Å²) in [5.41, 5.74) is 2.03. The number of ether oxygens (including phenoxy) is 1. The minimum absolute atomic E-state index is 0.0707. The van der Waals surface area contributed by atoms with Gasteiger partial charge in [-0.2, -0.15) is 0 Å². The van der Waals surface area contributed by atoms with Gasteiger partial charge in [0, 0.05) is 71.6 Å². The highest BCUT2D eigenvalue weighted by molar-refractivity contribution is 6.31. The molecule has 3 aromatic rings. The number of terminal acetylenes is 1. The summed E-state index contributed by atoms with van der Waals surface area (Å²) < 4.78 is 6.61. The Morgan fingerprint density at radius 2 is 1.84 bits per heavy atom. The first-order valence-electron chi connectivity index (χ1n) is 14.5. The Morgan fingerprint density at radius 1 is 1.07 bits per heavy atom. The number of fused-ring (bicyclic) bond motifs is 2. The largest absolute Gasteiger partial charge is 0.490 e. The molecule has 3 heterocycles. The van der Waals surface area contributed by atoms with E-state index in [1.807, 2.05) is 48.2 Å². The summed E-state index contributed by atoms with van der Waals surface area (Å²) in [6.07, 6.45) is 7.55. The summed E-state index contributed by atoms with van der Waals surface area (Å²) in [4.78, 5) is 42.0. The molecule has 0 radical (unpaired) electrons. The van der Waals surface area contributed by atoms with Crippen molar-refractivity contribution in [2.45, 2.75) is 56.1 Å². The summed E-state index contributed by atoms with van der Waals surface area (Å²) >= 11 is 12.8. The van der Waals surface area contributed by atoms with Gasteiger partial charge in [-0.05, 0) is 53.6 Å². The molecule has 3 aliphatic heterocycles. The van der Waals surface area contributed by atoms with Gasteiger partial charge in [0.1, 0.15) is 17.3 Å². The fourth-order valence-electron chi connectivity index (χ4n) is 6.87. The van der Waals surface area contributed by atoms with Gasteiger partial charge in [0.15, 0.2) is 0 Å². The monoisotopic (exact) mass is 615 g/mol. The predicted octanol–water partition coefficient (Wildman–Crippen LogP) is 5.99. The van der Waals surface area contributed by atoms with Gasteiger partial charge in [0.25, 0.3) is 0 Å². The fraction of sp³-hybridized carbons (Fsp3) is 0.324. The second kappa shape index (κ2) is 11.6. The maximum Gasteiger partial charge on any atom is 0.238 e. The van der Waals surface area contributed by atoms with Crippen LogP contribution in [-0.4, -0.2) is 41.8 Å². The van der Waals surface area contributed by atoms with Crippen molar-refractivity contribution in [2.75, 3.05) is 18.4 Å². The van der Waals surface area contributed by atoms with Gasteiger partial charge in [-0.1, -0.05) is 54.2 Å². The molecule has 3 aliphatic rings. The molecule has 2 saturated heterocycles. The maximum absolute atomic E-state index is 14.4. The van der Waals surface area contributed by atoms with Gasteiger partial charge in [-0.3, -0.25) is 14.4 Å². The lowest BCUT2D eigenvalue weighted by Crippen LogP contribution is -2.57. The molecule has 7 nitrogen and oxygen atoms in total. The van der Waals surface area contributed by atoms with Gasteiger partial charge in [0.2, 0.25) is 17.7 Å². The number of nitrogens with zero attached hydrogens (tertiary/aromatic N) is 1. The quantitative estimate of drug-likeness (QED) is 0.345. The first-order valence-corrected chi connectivity index (χ1v) is 15.2. The van der Waals surface area contributed by atoms with Crippen LogP contribution in [0.5, 0.6) is 5.75 Å². The maximum atomic E-state index is 14.4. The molecule has 43 heavy (non-hydrogen) atoms. The molecular weight excluding hydrogens is 585 g/mol. The van der Waals surface area contributed by atoms with Crippen molar-refractivity contribution < 1.29 is 19.1 Å². The van der Waals surface area contributed by atoms with Crippen LogP contribution in [0, 0.1) is 12.3 Å². The predicted molar refractivity (Wildman–Crippen MR) is 166 cm³/mol. The SMILES string of the molecule is C#Cc1ccc(OC2CCN(C(=O)CC)CC2)c([C@H]2NC(=O)C[C@@H](c3cccc(Cl)c3)[C@]23C(=O)Nc2cc(Cl)ccc23)c1. The van der Waals surface area contributed by atoms with Crippen LogP contribution >= 0.6 is 23.2 Å². The molecule has 0 bridgehead atoms. The molecule has 0 saturated carbocycles. The van der Waals surface area contributed by atoms with Crippen LogP contribution in [0.2, 0.25) is 10.0 Å². The topological polar surface area (TPSA) is 87.7 Å². The van der Waals surface area contributed by atoms with Gasteiger partial charge in [0.05, 0.1) is 6.04 Å². The third-order valence-corrected chi connectivity index (χ3v) is 9.35. The van der Waals surface area contributed by atoms with Crippen LogP contribution in [0.3, 0.4) is 0 Å². The molecule has 3 atom stereocenters. The van der Waals surface area contributed by atoms with Crippen molar-refractivity contribution in [2.24, 2.45) is 0 Å². The highest BCUT2D eigenvalue weighted by atomic mass is 35.5.